The number of carbonyl (C=O) groups excluding carboxylic acids is 2. The number of likely N-dealkylation sites (tertiary alicyclic amines) is 1. The molecule has 6 nitrogen and oxygen atoms in total. The molecule has 152 valence electrons. The average Bonchev–Trinajstić information content (AvgIpc) is 2.70. The van der Waals surface area contributed by atoms with Gasteiger partial charge in [0.15, 0.2) is 11.5 Å². The van der Waals surface area contributed by atoms with Crippen molar-refractivity contribution in [3.05, 3.63) is 59.7 Å². The van der Waals surface area contributed by atoms with E-state index in [1.54, 1.807) is 6.07 Å². The minimum atomic E-state index is -1.03. The molecule has 1 aromatic carbocycles. The van der Waals surface area contributed by atoms with E-state index in [9.17, 15) is 22.8 Å². The van der Waals surface area contributed by atoms with Crippen LogP contribution in [-0.4, -0.2) is 53.5 Å². The number of hydrogen-bond acceptors (Lipinski definition) is 4. The standard InChI is InChI=1S/C20H18F3N3O3/c21-13-3-1-4-15(7-13)26-12-20(29-10-17(26)27)5-2-6-25(11-20)19(28)18-16(23)8-14(22)9-24-18/h1,3-4,7-9H,2,5-6,10-12H2. The number of anilines is 1. The molecule has 0 saturated carbocycles. The number of rotatable bonds is 2. The van der Waals surface area contributed by atoms with Crippen molar-refractivity contribution in [3.63, 3.8) is 0 Å². The molecule has 9 heteroatoms. The van der Waals surface area contributed by atoms with E-state index in [1.165, 1.54) is 28.0 Å². The average molecular weight is 405 g/mol. The molecule has 2 aliphatic rings. The lowest BCUT2D eigenvalue weighted by Crippen LogP contribution is -2.62. The van der Waals surface area contributed by atoms with Gasteiger partial charge in [-0.2, -0.15) is 0 Å². The molecular formula is C20H18F3N3O3. The number of benzene rings is 1. The van der Waals surface area contributed by atoms with Gasteiger partial charge in [-0.3, -0.25) is 9.59 Å². The fourth-order valence-corrected chi connectivity index (χ4v) is 3.83. The van der Waals surface area contributed by atoms with Crippen molar-refractivity contribution < 1.29 is 27.5 Å². The number of halogens is 3. The highest BCUT2D eigenvalue weighted by molar-refractivity contribution is 5.95. The zero-order chi connectivity index (χ0) is 20.6. The van der Waals surface area contributed by atoms with Crippen molar-refractivity contribution in [3.8, 4) is 0 Å². The Morgan fingerprint density at radius 3 is 2.72 bits per heavy atom. The first-order chi connectivity index (χ1) is 13.9. The van der Waals surface area contributed by atoms with E-state index in [0.29, 0.717) is 31.1 Å². The second kappa shape index (κ2) is 7.47. The van der Waals surface area contributed by atoms with Crippen molar-refractivity contribution in [1.29, 1.82) is 0 Å². The van der Waals surface area contributed by atoms with Crippen molar-refractivity contribution in [2.24, 2.45) is 0 Å². The molecule has 0 N–H and O–H groups in total. The SMILES string of the molecule is O=C(c1ncc(F)cc1F)N1CCCC2(C1)CN(c1cccc(F)c1)C(=O)CO2. The van der Waals surface area contributed by atoms with Crippen LogP contribution in [0.4, 0.5) is 18.9 Å². The summed E-state index contributed by atoms with van der Waals surface area (Å²) in [4.78, 5) is 31.5. The highest BCUT2D eigenvalue weighted by atomic mass is 19.1. The maximum absolute atomic E-state index is 14.0. The molecule has 29 heavy (non-hydrogen) atoms. The Balaban J connectivity index is 1.56. The van der Waals surface area contributed by atoms with Crippen molar-refractivity contribution in [2.75, 3.05) is 31.1 Å². The van der Waals surface area contributed by atoms with Gasteiger partial charge in [-0.05, 0) is 31.0 Å². The normalized spacial score (nSPS) is 22.2. The Morgan fingerprint density at radius 2 is 1.97 bits per heavy atom. The first-order valence-electron chi connectivity index (χ1n) is 9.17. The smallest absolute Gasteiger partial charge is 0.275 e. The first-order valence-corrected chi connectivity index (χ1v) is 9.17. The van der Waals surface area contributed by atoms with E-state index in [0.717, 1.165) is 6.20 Å². The lowest BCUT2D eigenvalue weighted by molar-refractivity contribution is -0.144. The van der Waals surface area contributed by atoms with E-state index in [4.69, 9.17) is 4.74 Å². The number of amides is 2. The van der Waals surface area contributed by atoms with Gasteiger partial charge in [0, 0.05) is 18.3 Å². The molecule has 0 bridgehead atoms. The number of morpholine rings is 1. The number of ether oxygens (including phenoxy) is 1. The van der Waals surface area contributed by atoms with E-state index in [-0.39, 0.29) is 25.6 Å². The van der Waals surface area contributed by atoms with Crippen LogP contribution in [0.2, 0.25) is 0 Å². The highest BCUT2D eigenvalue weighted by Gasteiger charge is 2.45. The Hall–Kier alpha value is -2.94. The zero-order valence-corrected chi connectivity index (χ0v) is 15.4. The van der Waals surface area contributed by atoms with Crippen molar-refractivity contribution in [1.82, 2.24) is 9.88 Å². The fraction of sp³-hybridized carbons (Fsp3) is 0.350. The molecule has 0 aliphatic carbocycles. The Labute approximate surface area is 164 Å². The summed E-state index contributed by atoms with van der Waals surface area (Å²) in [5.41, 5.74) is -0.908. The molecular weight excluding hydrogens is 387 g/mol. The number of hydrogen-bond donors (Lipinski definition) is 0. The minimum absolute atomic E-state index is 0.115. The Morgan fingerprint density at radius 1 is 1.14 bits per heavy atom. The molecule has 2 saturated heterocycles. The number of pyridine rings is 1. The van der Waals surface area contributed by atoms with Crippen LogP contribution in [0, 0.1) is 17.5 Å². The van der Waals surface area contributed by atoms with Crippen LogP contribution in [0.5, 0.6) is 0 Å². The first kappa shape index (κ1) is 19.4. The van der Waals surface area contributed by atoms with Crippen molar-refractivity contribution in [2.45, 2.75) is 18.4 Å². The van der Waals surface area contributed by atoms with Gasteiger partial charge in [0.05, 0.1) is 19.3 Å². The van der Waals surface area contributed by atoms with Crippen LogP contribution >= 0.6 is 0 Å². The zero-order valence-electron chi connectivity index (χ0n) is 15.4. The van der Waals surface area contributed by atoms with Gasteiger partial charge < -0.3 is 14.5 Å². The third-order valence-electron chi connectivity index (χ3n) is 5.21. The summed E-state index contributed by atoms with van der Waals surface area (Å²) in [6, 6.07) is 6.31. The molecule has 2 amide bonds. The molecule has 1 aromatic heterocycles. The molecule has 2 aliphatic heterocycles. The minimum Gasteiger partial charge on any atom is -0.361 e. The van der Waals surface area contributed by atoms with Gasteiger partial charge in [-0.15, -0.1) is 0 Å². The van der Waals surface area contributed by atoms with E-state index >= 15 is 0 Å². The van der Waals surface area contributed by atoms with E-state index in [1.807, 2.05) is 0 Å². The molecule has 4 rings (SSSR count). The largest absolute Gasteiger partial charge is 0.361 e. The van der Waals surface area contributed by atoms with Gasteiger partial charge in [-0.1, -0.05) is 6.07 Å². The van der Waals surface area contributed by atoms with Gasteiger partial charge in [-0.25, -0.2) is 18.2 Å². The van der Waals surface area contributed by atoms with Crippen LogP contribution in [0.3, 0.4) is 0 Å². The Kier molecular flexibility index (Phi) is 4.99. The predicted octanol–water partition coefficient (Wildman–Crippen LogP) is 2.54. The topological polar surface area (TPSA) is 62.7 Å². The maximum atomic E-state index is 14.0. The lowest BCUT2D eigenvalue weighted by Gasteiger charge is -2.47. The predicted molar refractivity (Wildman–Crippen MR) is 96.7 cm³/mol. The van der Waals surface area contributed by atoms with Crippen LogP contribution in [0.15, 0.2) is 36.5 Å². The van der Waals surface area contributed by atoms with Crippen LogP contribution in [-0.2, 0) is 9.53 Å². The summed E-state index contributed by atoms with van der Waals surface area (Å²) in [5.74, 6) is -3.34. The fourth-order valence-electron chi connectivity index (χ4n) is 3.83. The quantitative estimate of drug-likeness (QED) is 0.771. The third-order valence-corrected chi connectivity index (χ3v) is 5.21. The summed E-state index contributed by atoms with van der Waals surface area (Å²) in [6.45, 7) is 0.403. The summed E-state index contributed by atoms with van der Waals surface area (Å²) in [7, 11) is 0. The third kappa shape index (κ3) is 3.82. The number of piperidine rings is 1. The van der Waals surface area contributed by atoms with Gasteiger partial charge in [0.25, 0.3) is 11.8 Å². The number of nitrogens with zero attached hydrogens (tertiary/aromatic N) is 3. The molecule has 0 radical (unpaired) electrons. The summed E-state index contributed by atoms with van der Waals surface area (Å²) < 4.78 is 46.5. The monoisotopic (exact) mass is 405 g/mol. The van der Waals surface area contributed by atoms with Gasteiger partial charge in [0.1, 0.15) is 23.8 Å². The summed E-state index contributed by atoms with van der Waals surface area (Å²) in [5, 5.41) is 0. The molecule has 2 fully saturated rings. The molecule has 3 heterocycles. The maximum Gasteiger partial charge on any atom is 0.275 e. The van der Waals surface area contributed by atoms with Crippen LogP contribution in [0.1, 0.15) is 23.3 Å². The van der Waals surface area contributed by atoms with E-state index < -0.39 is 34.7 Å². The number of aromatic nitrogens is 1. The summed E-state index contributed by atoms with van der Waals surface area (Å²) >= 11 is 0. The highest BCUT2D eigenvalue weighted by Crippen LogP contribution is 2.32. The molecule has 1 atom stereocenters. The Bertz CT molecular complexity index is 971. The molecule has 1 unspecified atom stereocenters. The summed E-state index contributed by atoms with van der Waals surface area (Å²) in [6.07, 6.45) is 1.94. The van der Waals surface area contributed by atoms with Gasteiger partial charge >= 0.3 is 0 Å². The second-order valence-electron chi connectivity index (χ2n) is 7.25. The van der Waals surface area contributed by atoms with Crippen LogP contribution < -0.4 is 4.90 Å². The molecule has 2 aromatic rings. The van der Waals surface area contributed by atoms with E-state index in [2.05, 4.69) is 4.98 Å². The number of carbonyl (C=O) groups is 2. The van der Waals surface area contributed by atoms with Crippen LogP contribution in [0.25, 0.3) is 0 Å². The lowest BCUT2D eigenvalue weighted by atomic mass is 9.90. The molecule has 1 spiro atoms. The van der Waals surface area contributed by atoms with Gasteiger partial charge in [0.2, 0.25) is 0 Å². The second-order valence-corrected chi connectivity index (χ2v) is 7.25. The van der Waals surface area contributed by atoms with Crippen molar-refractivity contribution >= 4 is 17.5 Å².